The summed E-state index contributed by atoms with van der Waals surface area (Å²) in [6.07, 6.45) is 1.28. The van der Waals surface area contributed by atoms with E-state index in [0.29, 0.717) is 12.8 Å². The molecule has 3 saturated heterocycles. The highest BCUT2D eigenvalue weighted by molar-refractivity contribution is 5.76. The molecule has 1 amide bonds. The van der Waals surface area contributed by atoms with Crippen LogP contribution in [0.25, 0.3) is 0 Å². The van der Waals surface area contributed by atoms with E-state index >= 15 is 0 Å². The minimum absolute atomic E-state index is 0.256. The van der Waals surface area contributed by atoms with E-state index in [-0.39, 0.29) is 18.9 Å². The molecule has 0 spiro atoms. The van der Waals surface area contributed by atoms with Crippen molar-refractivity contribution >= 4 is 5.91 Å². The van der Waals surface area contributed by atoms with Gasteiger partial charge in [0.1, 0.15) is 73.2 Å². The first kappa shape index (κ1) is 61.1. The number of ether oxygens (including phenoxy) is 6. The fourth-order valence-electron chi connectivity index (χ4n) is 9.25. The summed E-state index contributed by atoms with van der Waals surface area (Å²) >= 11 is 0. The van der Waals surface area contributed by atoms with Crippen LogP contribution in [0.5, 0.6) is 0 Å². The van der Waals surface area contributed by atoms with Gasteiger partial charge >= 0.3 is 0 Å². The molecule has 402 valence electrons. The van der Waals surface area contributed by atoms with Crippen molar-refractivity contribution in [1.29, 1.82) is 0 Å². The van der Waals surface area contributed by atoms with Crippen LogP contribution in [-0.4, -0.2) is 193 Å². The smallest absolute Gasteiger partial charge is 0.220 e. The standard InChI is InChI=1S/C49H93NO18/c1-3-5-7-9-10-11-12-13-14-15-16-17-18-19-20-21-23-24-26-33(54)32(50-37(55)27-25-22-8-6-4-2)31-63-47-43(61)40(58)45(35(29-52)65-47)68-49-44(62)41(59)46(36(30-53)66-49)67-48-42(60)39(57)38(56)34(28-51)64-48/h32-36,38-49,51-54,56-62H,3-31H2,1-2H3,(H,50,55). The summed E-state index contributed by atoms with van der Waals surface area (Å²) in [4.78, 5) is 13.0. The third-order valence-corrected chi connectivity index (χ3v) is 13.7. The highest BCUT2D eigenvalue weighted by Gasteiger charge is 2.53. The van der Waals surface area contributed by atoms with Crippen LogP contribution in [0.2, 0.25) is 0 Å². The van der Waals surface area contributed by atoms with Gasteiger partial charge in [-0.05, 0) is 12.8 Å². The zero-order chi connectivity index (χ0) is 49.8. The lowest BCUT2D eigenvalue weighted by molar-refractivity contribution is -0.379. The second-order valence-electron chi connectivity index (χ2n) is 19.4. The molecule has 3 heterocycles. The third kappa shape index (κ3) is 20.7. The zero-order valence-corrected chi connectivity index (χ0v) is 41.1. The maximum Gasteiger partial charge on any atom is 0.220 e. The summed E-state index contributed by atoms with van der Waals surface area (Å²) in [7, 11) is 0. The number of aliphatic hydroxyl groups is 11. The van der Waals surface area contributed by atoms with Crippen molar-refractivity contribution in [3.8, 4) is 0 Å². The van der Waals surface area contributed by atoms with Gasteiger partial charge in [-0.2, -0.15) is 0 Å². The van der Waals surface area contributed by atoms with E-state index in [0.717, 1.165) is 51.4 Å². The molecule has 0 aliphatic carbocycles. The van der Waals surface area contributed by atoms with E-state index in [4.69, 9.17) is 28.4 Å². The number of amides is 1. The number of rotatable bonds is 37. The molecule has 3 fully saturated rings. The van der Waals surface area contributed by atoms with Crippen LogP contribution in [0.3, 0.4) is 0 Å². The number of hydrogen-bond acceptors (Lipinski definition) is 18. The monoisotopic (exact) mass is 984 g/mol. The second-order valence-corrected chi connectivity index (χ2v) is 19.4. The number of aliphatic hydroxyl groups excluding tert-OH is 11. The minimum Gasteiger partial charge on any atom is -0.394 e. The van der Waals surface area contributed by atoms with Crippen molar-refractivity contribution in [2.75, 3.05) is 26.4 Å². The number of carbonyl (C=O) groups excluding carboxylic acids is 1. The summed E-state index contributed by atoms with van der Waals surface area (Å²) in [5, 5.41) is 119. The molecule has 0 aromatic heterocycles. The average Bonchev–Trinajstić information content (AvgIpc) is 3.33. The van der Waals surface area contributed by atoms with Gasteiger partial charge in [-0.25, -0.2) is 0 Å². The van der Waals surface area contributed by atoms with Gasteiger partial charge in [-0.15, -0.1) is 0 Å². The maximum atomic E-state index is 13.0. The van der Waals surface area contributed by atoms with Crippen LogP contribution in [0, 0.1) is 0 Å². The molecule has 0 aromatic carbocycles. The first-order chi connectivity index (χ1) is 32.8. The predicted molar refractivity (Wildman–Crippen MR) is 250 cm³/mol. The third-order valence-electron chi connectivity index (χ3n) is 13.7. The summed E-state index contributed by atoms with van der Waals surface area (Å²) in [6, 6.07) is -0.876. The largest absolute Gasteiger partial charge is 0.394 e. The molecule has 0 aromatic rings. The fraction of sp³-hybridized carbons (Fsp3) is 0.980. The van der Waals surface area contributed by atoms with Crippen LogP contribution in [0.4, 0.5) is 0 Å². The molecule has 0 saturated carbocycles. The van der Waals surface area contributed by atoms with E-state index in [1.807, 2.05) is 0 Å². The lowest BCUT2D eigenvalue weighted by Gasteiger charge is -2.48. The molecule has 3 aliphatic rings. The quantitative estimate of drug-likeness (QED) is 0.0397. The van der Waals surface area contributed by atoms with E-state index in [2.05, 4.69) is 19.2 Å². The van der Waals surface area contributed by atoms with Crippen molar-refractivity contribution in [2.45, 2.75) is 279 Å². The lowest BCUT2D eigenvalue weighted by Crippen LogP contribution is -2.66. The minimum atomic E-state index is -1.97. The molecule has 3 rings (SSSR count). The molecule has 19 heteroatoms. The molecule has 3 aliphatic heterocycles. The first-order valence-corrected chi connectivity index (χ1v) is 26.3. The van der Waals surface area contributed by atoms with Gasteiger partial charge in [-0.1, -0.05) is 155 Å². The Bertz CT molecular complexity index is 1270. The Morgan fingerprint density at radius 2 is 0.838 bits per heavy atom. The van der Waals surface area contributed by atoms with Crippen molar-refractivity contribution in [3.63, 3.8) is 0 Å². The van der Waals surface area contributed by atoms with Gasteiger partial charge in [0.05, 0.1) is 38.6 Å². The second kappa shape index (κ2) is 35.0. The molecule has 0 bridgehead atoms. The number of hydrogen-bond donors (Lipinski definition) is 12. The molecule has 68 heavy (non-hydrogen) atoms. The summed E-state index contributed by atoms with van der Waals surface area (Å²) in [5.74, 6) is -0.256. The van der Waals surface area contributed by atoms with Gasteiger partial charge in [0.2, 0.25) is 5.91 Å². The van der Waals surface area contributed by atoms with E-state index in [1.165, 1.54) is 89.9 Å². The molecule has 19 nitrogen and oxygen atoms in total. The molecule has 17 unspecified atom stereocenters. The SMILES string of the molecule is CCCCCCCCCCCCCCCCCCCCC(O)C(COC1OC(CO)C(OC2OC(CO)C(OC3OC(CO)C(O)C(O)C3O)C(O)C2O)C(O)C1O)NC(=O)CCCCCCC. The van der Waals surface area contributed by atoms with Crippen LogP contribution < -0.4 is 5.32 Å². The van der Waals surface area contributed by atoms with Crippen LogP contribution in [0.15, 0.2) is 0 Å². The van der Waals surface area contributed by atoms with Crippen LogP contribution in [0.1, 0.15) is 174 Å². The summed E-state index contributed by atoms with van der Waals surface area (Å²) < 4.78 is 34.1. The summed E-state index contributed by atoms with van der Waals surface area (Å²) in [6.45, 7) is 1.67. The molecule has 0 radical (unpaired) electrons. The van der Waals surface area contributed by atoms with Gasteiger partial charge in [0.25, 0.3) is 0 Å². The van der Waals surface area contributed by atoms with E-state index in [1.54, 1.807) is 0 Å². The summed E-state index contributed by atoms with van der Waals surface area (Å²) in [5.41, 5.74) is 0. The lowest BCUT2D eigenvalue weighted by atomic mass is 9.96. The van der Waals surface area contributed by atoms with Gasteiger partial charge in [0, 0.05) is 6.42 Å². The molecular formula is C49H93NO18. The van der Waals surface area contributed by atoms with Gasteiger partial charge in [-0.3, -0.25) is 4.79 Å². The molecule has 17 atom stereocenters. The Hall–Kier alpha value is -1.21. The Labute approximate surface area is 404 Å². The number of nitrogens with one attached hydrogen (secondary N) is 1. The maximum absolute atomic E-state index is 13.0. The molecule has 12 N–H and O–H groups in total. The fourth-order valence-corrected chi connectivity index (χ4v) is 9.25. The predicted octanol–water partition coefficient (Wildman–Crippen LogP) is 2.09. The van der Waals surface area contributed by atoms with Crippen molar-refractivity contribution in [1.82, 2.24) is 5.32 Å². The van der Waals surface area contributed by atoms with Gasteiger partial charge in [0.15, 0.2) is 18.9 Å². The normalized spacial score (nSPS) is 33.1. The Morgan fingerprint density at radius 1 is 0.471 bits per heavy atom. The van der Waals surface area contributed by atoms with Gasteiger partial charge < -0.3 is 89.9 Å². The first-order valence-electron chi connectivity index (χ1n) is 26.3. The topological polar surface area (TPSA) is 307 Å². The average molecular weight is 984 g/mol. The Kier molecular flexibility index (Phi) is 31.5. The van der Waals surface area contributed by atoms with Crippen molar-refractivity contribution < 1.29 is 89.4 Å². The Balaban J connectivity index is 1.48. The Morgan fingerprint density at radius 3 is 1.28 bits per heavy atom. The number of unbranched alkanes of at least 4 members (excludes halogenated alkanes) is 21. The highest BCUT2D eigenvalue weighted by atomic mass is 16.8. The highest BCUT2D eigenvalue weighted by Crippen LogP contribution is 2.33. The van der Waals surface area contributed by atoms with Crippen molar-refractivity contribution in [2.24, 2.45) is 0 Å². The number of carbonyl (C=O) groups is 1. The molecular weight excluding hydrogens is 891 g/mol. The van der Waals surface area contributed by atoms with Crippen molar-refractivity contribution in [3.05, 3.63) is 0 Å². The zero-order valence-electron chi connectivity index (χ0n) is 41.1. The van der Waals surface area contributed by atoms with E-state index in [9.17, 15) is 61.0 Å². The van der Waals surface area contributed by atoms with Crippen LogP contribution >= 0.6 is 0 Å². The van der Waals surface area contributed by atoms with E-state index < -0.39 is 124 Å². The van der Waals surface area contributed by atoms with Crippen LogP contribution in [-0.2, 0) is 33.2 Å².